The molecule has 0 saturated carbocycles. The van der Waals surface area contributed by atoms with Crippen molar-refractivity contribution in [2.75, 3.05) is 13.1 Å². The Morgan fingerprint density at radius 1 is 1.03 bits per heavy atom. The van der Waals surface area contributed by atoms with Crippen LogP contribution in [0.2, 0.25) is 9.36 Å². The molecule has 0 radical (unpaired) electrons. The van der Waals surface area contributed by atoms with Gasteiger partial charge in [-0.1, -0.05) is 58.7 Å². The highest BCUT2D eigenvalue weighted by atomic mass is 35.5. The molecule has 34 heavy (non-hydrogen) atoms. The van der Waals surface area contributed by atoms with Crippen LogP contribution in [0.4, 0.5) is 0 Å². The van der Waals surface area contributed by atoms with Crippen molar-refractivity contribution < 1.29 is 9.63 Å². The number of Topliss-reactive ketones (excluding diaryl/α,β-unsaturated/α-hetero) is 1. The second kappa shape index (κ2) is 10.6. The van der Waals surface area contributed by atoms with E-state index in [0.717, 1.165) is 41.5 Å². The van der Waals surface area contributed by atoms with E-state index in [1.54, 1.807) is 12.1 Å². The van der Waals surface area contributed by atoms with Gasteiger partial charge >= 0.3 is 0 Å². The standard InChI is InChI=1S/C27H26Cl2N2O2S/c28-21-8-7-20(17-31-13-1-2-14-31)23(15-21)18-3-5-19(6-4-18)24-16-22(33-30-24)9-10-25(32)26-11-12-27(29)34-26/h3-8,11-12,15,22H,1-2,9-10,13-14,16-17H2. The summed E-state index contributed by atoms with van der Waals surface area (Å²) in [6, 6.07) is 18.2. The Hall–Kier alpha value is -2.18. The molecular weight excluding hydrogens is 487 g/mol. The van der Waals surface area contributed by atoms with Crippen LogP contribution in [-0.4, -0.2) is 35.6 Å². The van der Waals surface area contributed by atoms with Gasteiger partial charge in [0, 0.05) is 24.4 Å². The van der Waals surface area contributed by atoms with Crippen molar-refractivity contribution in [1.29, 1.82) is 0 Å². The van der Waals surface area contributed by atoms with Crippen LogP contribution >= 0.6 is 34.5 Å². The van der Waals surface area contributed by atoms with Crippen LogP contribution in [0.5, 0.6) is 0 Å². The van der Waals surface area contributed by atoms with Gasteiger partial charge < -0.3 is 4.84 Å². The molecule has 4 nitrogen and oxygen atoms in total. The number of rotatable bonds is 8. The highest BCUT2D eigenvalue weighted by Gasteiger charge is 2.24. The van der Waals surface area contributed by atoms with Gasteiger partial charge in [0.05, 0.1) is 14.9 Å². The van der Waals surface area contributed by atoms with Gasteiger partial charge in [0.2, 0.25) is 0 Å². The van der Waals surface area contributed by atoms with Gasteiger partial charge in [-0.15, -0.1) is 11.3 Å². The molecule has 0 spiro atoms. The molecule has 1 saturated heterocycles. The molecular formula is C27H26Cl2N2O2S. The SMILES string of the molecule is O=C(CCC1CC(c2ccc(-c3cc(Cl)ccc3CN3CCCC3)cc2)=NO1)c1ccc(Cl)s1. The van der Waals surface area contributed by atoms with Gasteiger partial charge in [0.25, 0.3) is 0 Å². The minimum absolute atomic E-state index is 0.0749. The number of ketones is 1. The molecule has 1 atom stereocenters. The largest absolute Gasteiger partial charge is 0.392 e. The van der Waals surface area contributed by atoms with Crippen molar-refractivity contribution in [3.05, 3.63) is 80.0 Å². The van der Waals surface area contributed by atoms with Crippen LogP contribution in [-0.2, 0) is 11.4 Å². The number of benzene rings is 2. The fourth-order valence-corrected chi connectivity index (χ4v) is 5.79. The fourth-order valence-electron chi connectivity index (χ4n) is 4.61. The number of thiophene rings is 1. The number of nitrogens with zero attached hydrogens (tertiary/aromatic N) is 2. The highest BCUT2D eigenvalue weighted by Crippen LogP contribution is 2.30. The van der Waals surface area contributed by atoms with Crippen LogP contribution < -0.4 is 0 Å². The van der Waals surface area contributed by atoms with Gasteiger partial charge in [-0.3, -0.25) is 9.69 Å². The Labute approximate surface area is 214 Å². The Kier molecular flexibility index (Phi) is 7.35. The Morgan fingerprint density at radius 3 is 2.53 bits per heavy atom. The molecule has 7 heteroatoms. The predicted octanol–water partition coefficient (Wildman–Crippen LogP) is 7.47. The lowest BCUT2D eigenvalue weighted by Crippen LogP contribution is -2.18. The number of halogens is 2. The van der Waals surface area contributed by atoms with Gasteiger partial charge in [0.1, 0.15) is 6.10 Å². The molecule has 5 rings (SSSR count). The van der Waals surface area contributed by atoms with Crippen molar-refractivity contribution in [2.24, 2.45) is 5.16 Å². The zero-order chi connectivity index (χ0) is 23.5. The maximum Gasteiger partial charge on any atom is 0.172 e. The van der Waals surface area contributed by atoms with E-state index in [-0.39, 0.29) is 11.9 Å². The molecule has 1 fully saturated rings. The van der Waals surface area contributed by atoms with E-state index in [2.05, 4.69) is 46.5 Å². The first-order valence-corrected chi connectivity index (χ1v) is 13.3. The number of hydrogen-bond donors (Lipinski definition) is 0. The number of likely N-dealkylation sites (tertiary alicyclic amines) is 1. The summed E-state index contributed by atoms with van der Waals surface area (Å²) >= 11 is 13.6. The highest BCUT2D eigenvalue weighted by molar-refractivity contribution is 7.18. The van der Waals surface area contributed by atoms with Crippen molar-refractivity contribution in [3.8, 4) is 11.1 Å². The van der Waals surface area contributed by atoms with Crippen LogP contribution in [0.1, 0.15) is 52.9 Å². The van der Waals surface area contributed by atoms with Crippen molar-refractivity contribution in [2.45, 2.75) is 44.8 Å². The number of carbonyl (C=O) groups excluding carboxylic acids is 1. The average molecular weight is 513 g/mol. The monoisotopic (exact) mass is 512 g/mol. The summed E-state index contributed by atoms with van der Waals surface area (Å²) < 4.78 is 0.635. The van der Waals surface area contributed by atoms with Gasteiger partial charge in [-0.25, -0.2) is 0 Å². The molecule has 2 aliphatic heterocycles. The van der Waals surface area contributed by atoms with Gasteiger partial charge in [-0.05, 0) is 78.9 Å². The van der Waals surface area contributed by atoms with Crippen LogP contribution in [0, 0.1) is 0 Å². The Balaban J connectivity index is 1.22. The molecule has 0 bridgehead atoms. The third-order valence-corrected chi connectivity index (χ3v) is 7.98. The number of carbonyl (C=O) groups is 1. The molecule has 3 aromatic rings. The van der Waals surface area contributed by atoms with E-state index < -0.39 is 0 Å². The second-order valence-electron chi connectivity index (χ2n) is 8.90. The normalized spacial score (nSPS) is 18.2. The summed E-state index contributed by atoms with van der Waals surface area (Å²) in [5, 5.41) is 5.05. The minimum Gasteiger partial charge on any atom is -0.392 e. The van der Waals surface area contributed by atoms with E-state index in [1.807, 2.05) is 6.07 Å². The molecule has 2 aliphatic rings. The lowest BCUT2D eigenvalue weighted by atomic mass is 9.96. The average Bonchev–Trinajstić information content (AvgIpc) is 3.61. The smallest absolute Gasteiger partial charge is 0.172 e. The number of oxime groups is 1. The first-order chi connectivity index (χ1) is 16.5. The molecule has 176 valence electrons. The molecule has 0 aliphatic carbocycles. The van der Waals surface area contributed by atoms with E-state index in [1.165, 1.54) is 35.3 Å². The lowest BCUT2D eigenvalue weighted by molar-refractivity contribution is 0.0720. The van der Waals surface area contributed by atoms with E-state index in [9.17, 15) is 4.79 Å². The molecule has 0 N–H and O–H groups in total. The third kappa shape index (κ3) is 5.55. The zero-order valence-corrected chi connectivity index (χ0v) is 21.1. The minimum atomic E-state index is -0.0749. The fraction of sp³-hybridized carbons (Fsp3) is 0.333. The van der Waals surface area contributed by atoms with Crippen molar-refractivity contribution in [1.82, 2.24) is 4.90 Å². The summed E-state index contributed by atoms with van der Waals surface area (Å²) in [7, 11) is 0. The van der Waals surface area contributed by atoms with Crippen molar-refractivity contribution >= 4 is 46.0 Å². The molecule has 0 amide bonds. The summed E-state index contributed by atoms with van der Waals surface area (Å²) in [4.78, 5) is 21.2. The lowest BCUT2D eigenvalue weighted by Gasteiger charge is -2.18. The zero-order valence-electron chi connectivity index (χ0n) is 18.8. The summed E-state index contributed by atoms with van der Waals surface area (Å²) in [6.07, 6.45) is 4.25. The number of hydrogen-bond acceptors (Lipinski definition) is 5. The van der Waals surface area contributed by atoms with Crippen molar-refractivity contribution in [3.63, 3.8) is 0 Å². The summed E-state index contributed by atoms with van der Waals surface area (Å²) in [5.41, 5.74) is 5.60. The van der Waals surface area contributed by atoms with E-state index >= 15 is 0 Å². The van der Waals surface area contributed by atoms with Gasteiger partial charge in [0.15, 0.2) is 5.78 Å². The van der Waals surface area contributed by atoms with Crippen LogP contribution in [0.25, 0.3) is 11.1 Å². The van der Waals surface area contributed by atoms with E-state index in [4.69, 9.17) is 28.0 Å². The topological polar surface area (TPSA) is 41.9 Å². The molecule has 1 aromatic heterocycles. The predicted molar refractivity (Wildman–Crippen MR) is 140 cm³/mol. The first kappa shape index (κ1) is 23.6. The second-order valence-corrected chi connectivity index (χ2v) is 11.0. The summed E-state index contributed by atoms with van der Waals surface area (Å²) in [5.74, 6) is 0.101. The molecule has 2 aromatic carbocycles. The first-order valence-electron chi connectivity index (χ1n) is 11.7. The maximum atomic E-state index is 12.3. The van der Waals surface area contributed by atoms with Crippen LogP contribution in [0.15, 0.2) is 59.8 Å². The maximum absolute atomic E-state index is 12.3. The molecule has 3 heterocycles. The van der Waals surface area contributed by atoms with Crippen LogP contribution in [0.3, 0.4) is 0 Å². The Morgan fingerprint density at radius 2 is 1.79 bits per heavy atom. The Bertz CT molecular complexity index is 1200. The third-order valence-electron chi connectivity index (χ3n) is 6.47. The van der Waals surface area contributed by atoms with E-state index in [0.29, 0.717) is 28.5 Å². The quantitative estimate of drug-likeness (QED) is 0.294. The summed E-state index contributed by atoms with van der Waals surface area (Å²) in [6.45, 7) is 3.27. The molecule has 1 unspecified atom stereocenters. The van der Waals surface area contributed by atoms with Gasteiger partial charge in [-0.2, -0.15) is 0 Å².